The van der Waals surface area contributed by atoms with E-state index in [-0.39, 0.29) is 11.8 Å². The first-order valence-corrected chi connectivity index (χ1v) is 7.99. The van der Waals surface area contributed by atoms with Crippen LogP contribution in [0.25, 0.3) is 0 Å². The predicted molar refractivity (Wildman–Crippen MR) is 72.2 cm³/mol. The molecule has 1 atom stereocenters. The van der Waals surface area contributed by atoms with Crippen molar-refractivity contribution in [2.75, 3.05) is 18.6 Å². The van der Waals surface area contributed by atoms with Crippen LogP contribution in [0.5, 0.6) is 0 Å². The SMILES string of the molecule is C[C@@H](NCCCS(C)(=O)=O)c1ccccc1Cl. The van der Waals surface area contributed by atoms with E-state index < -0.39 is 9.84 Å². The van der Waals surface area contributed by atoms with Gasteiger partial charge in [0.15, 0.2) is 0 Å². The minimum Gasteiger partial charge on any atom is -0.310 e. The highest BCUT2D eigenvalue weighted by Gasteiger charge is 2.08. The van der Waals surface area contributed by atoms with Gasteiger partial charge in [-0.1, -0.05) is 29.8 Å². The number of benzene rings is 1. The van der Waals surface area contributed by atoms with Gasteiger partial charge in [0.05, 0.1) is 5.75 Å². The molecule has 0 radical (unpaired) electrons. The molecule has 0 aliphatic heterocycles. The fourth-order valence-electron chi connectivity index (χ4n) is 1.59. The smallest absolute Gasteiger partial charge is 0.147 e. The topological polar surface area (TPSA) is 46.2 Å². The Morgan fingerprint density at radius 2 is 2.00 bits per heavy atom. The molecule has 1 aromatic carbocycles. The summed E-state index contributed by atoms with van der Waals surface area (Å²) in [5.41, 5.74) is 1.04. The second-order valence-corrected chi connectivity index (χ2v) is 6.85. The highest BCUT2D eigenvalue weighted by molar-refractivity contribution is 7.90. The second kappa shape index (κ2) is 6.38. The molecule has 0 aliphatic carbocycles. The van der Waals surface area contributed by atoms with E-state index in [0.29, 0.717) is 13.0 Å². The lowest BCUT2D eigenvalue weighted by atomic mass is 10.1. The number of nitrogens with one attached hydrogen (secondary N) is 1. The lowest BCUT2D eigenvalue weighted by molar-refractivity contribution is 0.562. The second-order valence-electron chi connectivity index (χ2n) is 4.18. The van der Waals surface area contributed by atoms with Gasteiger partial charge in [0.2, 0.25) is 0 Å². The quantitative estimate of drug-likeness (QED) is 0.811. The summed E-state index contributed by atoms with van der Waals surface area (Å²) in [4.78, 5) is 0. The van der Waals surface area contributed by atoms with Crippen LogP contribution >= 0.6 is 11.6 Å². The molecule has 3 nitrogen and oxygen atoms in total. The molecule has 1 N–H and O–H groups in total. The van der Waals surface area contributed by atoms with E-state index in [0.717, 1.165) is 10.6 Å². The van der Waals surface area contributed by atoms with Gasteiger partial charge >= 0.3 is 0 Å². The Kier molecular flexibility index (Phi) is 5.43. The summed E-state index contributed by atoms with van der Waals surface area (Å²) in [5, 5.41) is 4.00. The van der Waals surface area contributed by atoms with Crippen molar-refractivity contribution in [1.29, 1.82) is 0 Å². The lowest BCUT2D eigenvalue weighted by Crippen LogP contribution is -2.22. The van der Waals surface area contributed by atoms with Crippen LogP contribution in [-0.4, -0.2) is 27.0 Å². The van der Waals surface area contributed by atoms with Gasteiger partial charge in [0.25, 0.3) is 0 Å². The molecule has 0 fully saturated rings. The number of hydrogen-bond acceptors (Lipinski definition) is 3. The van der Waals surface area contributed by atoms with Crippen molar-refractivity contribution >= 4 is 21.4 Å². The Morgan fingerprint density at radius 3 is 2.59 bits per heavy atom. The minimum atomic E-state index is -2.86. The van der Waals surface area contributed by atoms with Crippen LogP contribution in [0.4, 0.5) is 0 Å². The largest absolute Gasteiger partial charge is 0.310 e. The van der Waals surface area contributed by atoms with Gasteiger partial charge in [0, 0.05) is 17.3 Å². The minimum absolute atomic E-state index is 0.128. The zero-order valence-electron chi connectivity index (χ0n) is 10.1. The maximum Gasteiger partial charge on any atom is 0.147 e. The molecule has 5 heteroatoms. The Hall–Kier alpha value is -0.580. The van der Waals surface area contributed by atoms with Crippen LogP contribution in [0.3, 0.4) is 0 Å². The van der Waals surface area contributed by atoms with E-state index >= 15 is 0 Å². The molecule has 0 aliphatic rings. The van der Waals surface area contributed by atoms with Crippen molar-refractivity contribution in [3.8, 4) is 0 Å². The molecule has 0 bridgehead atoms. The monoisotopic (exact) mass is 275 g/mol. The van der Waals surface area contributed by atoms with Gasteiger partial charge in [-0.05, 0) is 31.5 Å². The first kappa shape index (κ1) is 14.5. The molecule has 1 aromatic rings. The first-order valence-electron chi connectivity index (χ1n) is 5.55. The molecule has 0 saturated heterocycles. The van der Waals surface area contributed by atoms with E-state index in [1.54, 1.807) is 0 Å². The summed E-state index contributed by atoms with van der Waals surface area (Å²) in [6.45, 7) is 2.68. The van der Waals surface area contributed by atoms with Crippen LogP contribution in [0, 0.1) is 0 Å². The maximum atomic E-state index is 11.0. The number of halogens is 1. The summed E-state index contributed by atoms with van der Waals surface area (Å²) >= 11 is 6.07. The van der Waals surface area contributed by atoms with Crippen molar-refractivity contribution in [2.45, 2.75) is 19.4 Å². The average molecular weight is 276 g/mol. The molecule has 1 rings (SSSR count). The van der Waals surface area contributed by atoms with E-state index in [4.69, 9.17) is 11.6 Å². The molecule has 0 amide bonds. The highest BCUT2D eigenvalue weighted by atomic mass is 35.5. The van der Waals surface area contributed by atoms with Crippen LogP contribution in [0.15, 0.2) is 24.3 Å². The zero-order valence-corrected chi connectivity index (χ0v) is 11.7. The van der Waals surface area contributed by atoms with E-state index in [2.05, 4.69) is 5.32 Å². The standard InChI is InChI=1S/C12H18ClNO2S/c1-10(11-6-3-4-7-12(11)13)14-8-5-9-17(2,15)16/h3-4,6-7,10,14H,5,8-9H2,1-2H3/t10-/m1/s1. The highest BCUT2D eigenvalue weighted by Crippen LogP contribution is 2.21. The van der Waals surface area contributed by atoms with Crippen molar-refractivity contribution in [3.63, 3.8) is 0 Å². The third-order valence-electron chi connectivity index (χ3n) is 2.51. The lowest BCUT2D eigenvalue weighted by Gasteiger charge is -2.15. The summed E-state index contributed by atoms with van der Waals surface area (Å²) < 4.78 is 21.9. The summed E-state index contributed by atoms with van der Waals surface area (Å²) in [5.74, 6) is 0.218. The third kappa shape index (κ3) is 5.52. The Labute approximate surface area is 108 Å². The summed E-state index contributed by atoms with van der Waals surface area (Å²) in [7, 11) is -2.86. The Balaban J connectivity index is 2.41. The van der Waals surface area contributed by atoms with E-state index in [9.17, 15) is 8.42 Å². The maximum absolute atomic E-state index is 11.0. The zero-order chi connectivity index (χ0) is 12.9. The van der Waals surface area contributed by atoms with Crippen LogP contribution in [-0.2, 0) is 9.84 Å². The Morgan fingerprint density at radius 1 is 1.35 bits per heavy atom. The molecule has 0 aromatic heterocycles. The molecule has 0 heterocycles. The number of sulfone groups is 1. The Bertz CT molecular complexity index is 459. The van der Waals surface area contributed by atoms with Gasteiger partial charge in [0.1, 0.15) is 9.84 Å². The summed E-state index contributed by atoms with van der Waals surface area (Å²) in [6.07, 6.45) is 1.87. The fraction of sp³-hybridized carbons (Fsp3) is 0.500. The third-order valence-corrected chi connectivity index (χ3v) is 3.89. The molecule has 17 heavy (non-hydrogen) atoms. The molecule has 96 valence electrons. The molecular formula is C12H18ClNO2S. The van der Waals surface area contributed by atoms with Gasteiger partial charge in [-0.15, -0.1) is 0 Å². The van der Waals surface area contributed by atoms with Crippen molar-refractivity contribution in [2.24, 2.45) is 0 Å². The van der Waals surface area contributed by atoms with Crippen LogP contribution in [0.2, 0.25) is 5.02 Å². The number of rotatable bonds is 6. The number of hydrogen-bond donors (Lipinski definition) is 1. The van der Waals surface area contributed by atoms with Gasteiger partial charge in [-0.3, -0.25) is 0 Å². The van der Waals surface area contributed by atoms with Crippen LogP contribution in [0.1, 0.15) is 24.9 Å². The van der Waals surface area contributed by atoms with E-state index in [1.807, 2.05) is 31.2 Å². The van der Waals surface area contributed by atoms with Gasteiger partial charge in [-0.2, -0.15) is 0 Å². The van der Waals surface area contributed by atoms with Crippen molar-refractivity contribution in [3.05, 3.63) is 34.9 Å². The summed E-state index contributed by atoms with van der Waals surface area (Å²) in [6, 6.07) is 7.78. The molecule has 0 unspecified atom stereocenters. The molecule has 0 spiro atoms. The molecular weight excluding hydrogens is 258 g/mol. The average Bonchev–Trinajstić information content (AvgIpc) is 2.23. The van der Waals surface area contributed by atoms with Crippen molar-refractivity contribution in [1.82, 2.24) is 5.32 Å². The van der Waals surface area contributed by atoms with Crippen molar-refractivity contribution < 1.29 is 8.42 Å². The van der Waals surface area contributed by atoms with Crippen LogP contribution < -0.4 is 5.32 Å². The predicted octanol–water partition coefficient (Wildman–Crippen LogP) is 2.43. The van der Waals surface area contributed by atoms with Gasteiger partial charge < -0.3 is 5.32 Å². The van der Waals surface area contributed by atoms with E-state index in [1.165, 1.54) is 6.26 Å². The fourth-order valence-corrected chi connectivity index (χ4v) is 2.56. The normalized spacial score (nSPS) is 13.6. The molecule has 0 saturated carbocycles. The first-order chi connectivity index (χ1) is 7.90. The van der Waals surface area contributed by atoms with Gasteiger partial charge in [-0.25, -0.2) is 8.42 Å².